The van der Waals surface area contributed by atoms with Crippen molar-refractivity contribution in [3.05, 3.63) is 85.1 Å². The minimum absolute atomic E-state index is 0.0811. The number of rotatable bonds is 48. The molecule has 0 fully saturated rings. The molecule has 0 aliphatic rings. The van der Waals surface area contributed by atoms with Crippen LogP contribution in [0.25, 0.3) is 0 Å². The lowest BCUT2D eigenvalue weighted by atomic mass is 10.1. The van der Waals surface area contributed by atoms with E-state index in [1.165, 1.54) is 96.3 Å². The van der Waals surface area contributed by atoms with Gasteiger partial charge in [0.05, 0.1) is 0 Å². The highest BCUT2D eigenvalue weighted by atomic mass is 16.6. The second-order valence-electron chi connectivity index (χ2n) is 17.8. The molecule has 0 radical (unpaired) electrons. The molecule has 0 aromatic carbocycles. The van der Waals surface area contributed by atoms with E-state index in [1.54, 1.807) is 0 Å². The maximum absolute atomic E-state index is 12.7. The standard InChI is InChI=1S/C59H100O6/c1-4-7-10-13-16-19-21-23-24-25-26-27-28-29-30-31-32-33-34-35-36-37-39-40-43-46-49-52-58(61)64-55-56(54-63-57(60)51-48-45-42-18-15-12-9-6-3)65-59(62)53-50-47-44-41-38-22-20-17-14-11-8-5-2/h7,10,16-17,19-20,23-24,26-27,29-30,32-33,56H,4-6,8-9,11-15,18,21-22,25,28,31,34-55H2,1-3H3/b10-7-,19-16-,20-17-,24-23-,27-26-,30-29-,33-32-. The monoisotopic (exact) mass is 905 g/mol. The first-order valence-corrected chi connectivity index (χ1v) is 27.1. The average molecular weight is 905 g/mol. The van der Waals surface area contributed by atoms with E-state index in [4.69, 9.17) is 14.2 Å². The van der Waals surface area contributed by atoms with Gasteiger partial charge in [0.1, 0.15) is 13.2 Å². The van der Waals surface area contributed by atoms with Gasteiger partial charge in [0.25, 0.3) is 0 Å². The number of hydrogen-bond donors (Lipinski definition) is 0. The van der Waals surface area contributed by atoms with Crippen molar-refractivity contribution in [3.8, 4) is 0 Å². The molecule has 372 valence electrons. The zero-order valence-electron chi connectivity index (χ0n) is 42.5. The summed E-state index contributed by atoms with van der Waals surface area (Å²) in [7, 11) is 0. The number of ether oxygens (including phenoxy) is 3. The summed E-state index contributed by atoms with van der Waals surface area (Å²) in [6.07, 6.45) is 68.7. The third kappa shape index (κ3) is 51.4. The van der Waals surface area contributed by atoms with Crippen molar-refractivity contribution in [2.45, 2.75) is 258 Å². The molecular formula is C59H100O6. The van der Waals surface area contributed by atoms with Crippen LogP contribution < -0.4 is 0 Å². The molecule has 6 heteroatoms. The molecule has 0 heterocycles. The van der Waals surface area contributed by atoms with Gasteiger partial charge in [0.15, 0.2) is 6.10 Å². The molecule has 65 heavy (non-hydrogen) atoms. The zero-order valence-corrected chi connectivity index (χ0v) is 42.5. The maximum Gasteiger partial charge on any atom is 0.306 e. The Hall–Kier alpha value is -3.41. The number of carbonyl (C=O) groups is 3. The summed E-state index contributed by atoms with van der Waals surface area (Å²) >= 11 is 0. The van der Waals surface area contributed by atoms with Gasteiger partial charge < -0.3 is 14.2 Å². The van der Waals surface area contributed by atoms with E-state index < -0.39 is 6.10 Å². The van der Waals surface area contributed by atoms with Gasteiger partial charge in [-0.1, -0.05) is 221 Å². The zero-order chi connectivity index (χ0) is 47.2. The summed E-state index contributed by atoms with van der Waals surface area (Å²) in [5, 5.41) is 0. The fraction of sp³-hybridized carbons (Fsp3) is 0.712. The lowest BCUT2D eigenvalue weighted by molar-refractivity contribution is -0.167. The van der Waals surface area contributed by atoms with Gasteiger partial charge in [0, 0.05) is 19.3 Å². The highest BCUT2D eigenvalue weighted by Gasteiger charge is 2.19. The summed E-state index contributed by atoms with van der Waals surface area (Å²) in [5.41, 5.74) is 0. The Morgan fingerprint density at radius 3 is 0.985 bits per heavy atom. The Balaban J connectivity index is 4.20. The predicted molar refractivity (Wildman–Crippen MR) is 279 cm³/mol. The normalized spacial score (nSPS) is 12.7. The Morgan fingerprint density at radius 2 is 0.600 bits per heavy atom. The van der Waals surface area contributed by atoms with E-state index in [0.29, 0.717) is 19.3 Å². The molecule has 0 aliphatic heterocycles. The van der Waals surface area contributed by atoms with E-state index >= 15 is 0 Å². The van der Waals surface area contributed by atoms with Crippen LogP contribution in [0.15, 0.2) is 85.1 Å². The molecule has 0 rings (SSSR count). The van der Waals surface area contributed by atoms with Crippen molar-refractivity contribution in [3.63, 3.8) is 0 Å². The van der Waals surface area contributed by atoms with Crippen LogP contribution in [0.3, 0.4) is 0 Å². The molecule has 0 bridgehead atoms. The second-order valence-corrected chi connectivity index (χ2v) is 17.8. The van der Waals surface area contributed by atoms with Crippen LogP contribution in [-0.4, -0.2) is 37.2 Å². The van der Waals surface area contributed by atoms with Crippen LogP contribution in [0.5, 0.6) is 0 Å². The molecule has 0 amide bonds. The Labute approximate surface area is 401 Å². The fourth-order valence-corrected chi connectivity index (χ4v) is 7.32. The molecule has 1 atom stereocenters. The van der Waals surface area contributed by atoms with Gasteiger partial charge in [0.2, 0.25) is 0 Å². The van der Waals surface area contributed by atoms with E-state index in [-0.39, 0.29) is 31.1 Å². The Morgan fingerprint density at radius 1 is 0.323 bits per heavy atom. The molecule has 0 aromatic rings. The van der Waals surface area contributed by atoms with E-state index in [1.807, 2.05) is 0 Å². The molecule has 0 N–H and O–H groups in total. The Kier molecular flexibility index (Phi) is 50.4. The Bertz CT molecular complexity index is 1270. The van der Waals surface area contributed by atoms with E-state index in [9.17, 15) is 14.4 Å². The molecule has 0 aromatic heterocycles. The molecular weight excluding hydrogens is 805 g/mol. The lowest BCUT2D eigenvalue weighted by Crippen LogP contribution is -2.30. The van der Waals surface area contributed by atoms with Crippen LogP contribution in [0.1, 0.15) is 252 Å². The van der Waals surface area contributed by atoms with Gasteiger partial charge in [-0.2, -0.15) is 0 Å². The van der Waals surface area contributed by atoms with E-state index in [0.717, 1.165) is 116 Å². The number of hydrogen-bond acceptors (Lipinski definition) is 6. The van der Waals surface area contributed by atoms with Crippen LogP contribution in [0.4, 0.5) is 0 Å². The predicted octanol–water partition coefficient (Wildman–Crippen LogP) is 18.0. The van der Waals surface area contributed by atoms with Crippen LogP contribution in [0.2, 0.25) is 0 Å². The summed E-state index contributed by atoms with van der Waals surface area (Å²) in [4.78, 5) is 37.8. The largest absolute Gasteiger partial charge is 0.462 e. The van der Waals surface area contributed by atoms with Gasteiger partial charge >= 0.3 is 17.9 Å². The topological polar surface area (TPSA) is 78.9 Å². The smallest absolute Gasteiger partial charge is 0.306 e. The second kappa shape index (κ2) is 53.2. The van der Waals surface area contributed by atoms with E-state index in [2.05, 4.69) is 106 Å². The first-order valence-electron chi connectivity index (χ1n) is 27.1. The summed E-state index contributed by atoms with van der Waals surface area (Å²) in [6, 6.07) is 0. The number of carbonyl (C=O) groups excluding carboxylic acids is 3. The molecule has 0 aliphatic carbocycles. The summed E-state index contributed by atoms with van der Waals surface area (Å²) < 4.78 is 16.7. The first-order chi connectivity index (χ1) is 32.0. The number of allylic oxidation sites excluding steroid dienone is 14. The molecule has 0 saturated heterocycles. The van der Waals surface area contributed by atoms with Crippen LogP contribution in [0, 0.1) is 0 Å². The highest BCUT2D eigenvalue weighted by Crippen LogP contribution is 2.14. The van der Waals surface area contributed by atoms with Crippen molar-refractivity contribution in [1.82, 2.24) is 0 Å². The lowest BCUT2D eigenvalue weighted by Gasteiger charge is -2.18. The van der Waals surface area contributed by atoms with Crippen molar-refractivity contribution in [2.24, 2.45) is 0 Å². The van der Waals surface area contributed by atoms with Crippen LogP contribution >= 0.6 is 0 Å². The molecule has 6 nitrogen and oxygen atoms in total. The third-order valence-electron chi connectivity index (χ3n) is 11.4. The SMILES string of the molecule is CC/C=C\C/C=C\C/C=C\C/C=C\C/C=C\C/C=C\CCCCCCCCCCC(=O)OCC(COC(=O)CCCCCCCCCC)OC(=O)CCCCCCC/C=C\CCCCC. The number of esters is 3. The maximum atomic E-state index is 12.7. The van der Waals surface area contributed by atoms with Crippen molar-refractivity contribution in [1.29, 1.82) is 0 Å². The van der Waals surface area contributed by atoms with Crippen LogP contribution in [-0.2, 0) is 28.6 Å². The number of unbranched alkanes of at least 4 members (excludes halogenated alkanes) is 23. The van der Waals surface area contributed by atoms with Gasteiger partial charge in [-0.25, -0.2) is 0 Å². The van der Waals surface area contributed by atoms with Gasteiger partial charge in [-0.15, -0.1) is 0 Å². The molecule has 0 saturated carbocycles. The summed E-state index contributed by atoms with van der Waals surface area (Å²) in [5.74, 6) is -0.903. The van der Waals surface area contributed by atoms with Crippen molar-refractivity contribution >= 4 is 17.9 Å². The van der Waals surface area contributed by atoms with Gasteiger partial charge in [-0.3, -0.25) is 14.4 Å². The van der Waals surface area contributed by atoms with Crippen molar-refractivity contribution < 1.29 is 28.6 Å². The summed E-state index contributed by atoms with van der Waals surface area (Å²) in [6.45, 7) is 6.45. The fourth-order valence-electron chi connectivity index (χ4n) is 7.32. The molecule has 0 spiro atoms. The minimum atomic E-state index is -0.780. The van der Waals surface area contributed by atoms with Crippen molar-refractivity contribution in [2.75, 3.05) is 13.2 Å². The highest BCUT2D eigenvalue weighted by molar-refractivity contribution is 5.71. The van der Waals surface area contributed by atoms with Gasteiger partial charge in [-0.05, 0) is 96.3 Å². The average Bonchev–Trinajstić information content (AvgIpc) is 3.30. The first kappa shape index (κ1) is 61.6. The minimum Gasteiger partial charge on any atom is -0.462 e. The molecule has 1 unspecified atom stereocenters. The quantitative estimate of drug-likeness (QED) is 0.0262. The third-order valence-corrected chi connectivity index (χ3v) is 11.4.